The zero-order valence-corrected chi connectivity index (χ0v) is 18.8. The van der Waals surface area contributed by atoms with Gasteiger partial charge in [0.1, 0.15) is 35.5 Å². The molecule has 1 aromatic carbocycles. The number of thioether (sulfide) groups is 1. The average molecular weight is 456 g/mol. The van der Waals surface area contributed by atoms with Crippen LogP contribution in [0.15, 0.2) is 23.2 Å². The largest absolute Gasteiger partial charge is 0.485 e. The zero-order valence-electron chi connectivity index (χ0n) is 17.2. The van der Waals surface area contributed by atoms with Gasteiger partial charge in [0.25, 0.3) is 0 Å². The van der Waals surface area contributed by atoms with Gasteiger partial charge in [-0.3, -0.25) is 4.90 Å². The van der Waals surface area contributed by atoms with Crippen LogP contribution in [0.5, 0.6) is 11.5 Å². The predicted octanol–water partition coefficient (Wildman–Crippen LogP) is 3.47. The number of hydrogen-bond donors (Lipinski definition) is 0. The van der Waals surface area contributed by atoms with E-state index < -0.39 is 0 Å². The maximum Gasteiger partial charge on any atom is 0.186 e. The number of pyridine rings is 1. The molecule has 9 heteroatoms. The number of rotatable bonds is 5. The fourth-order valence-electron chi connectivity index (χ4n) is 3.79. The topological polar surface area (TPSA) is 85.4 Å². The summed E-state index contributed by atoms with van der Waals surface area (Å²) < 4.78 is 11.6. The second-order valence-corrected chi connectivity index (χ2v) is 8.80. The fourth-order valence-corrected chi connectivity index (χ4v) is 5.14. The third-order valence-electron chi connectivity index (χ3n) is 5.41. The molecule has 31 heavy (non-hydrogen) atoms. The summed E-state index contributed by atoms with van der Waals surface area (Å²) in [5, 5.41) is 19.8. The molecule has 3 heterocycles. The Morgan fingerprint density at radius 2 is 1.84 bits per heavy atom. The molecule has 2 aliphatic heterocycles. The summed E-state index contributed by atoms with van der Waals surface area (Å²) in [7, 11) is 0. The zero-order chi connectivity index (χ0) is 21.8. The highest BCUT2D eigenvalue weighted by Gasteiger charge is 2.26. The van der Waals surface area contributed by atoms with Crippen molar-refractivity contribution < 1.29 is 9.47 Å². The minimum absolute atomic E-state index is 0.421. The number of nitriles is 2. The summed E-state index contributed by atoms with van der Waals surface area (Å²) in [4.78, 5) is 9.01. The number of fused-ring (bicyclic) bond motifs is 1. The normalized spacial score (nSPS) is 15.9. The molecule has 0 unspecified atom stereocenters. The van der Waals surface area contributed by atoms with Gasteiger partial charge in [0.2, 0.25) is 0 Å². The highest BCUT2D eigenvalue weighted by atomic mass is 35.5. The molecule has 0 amide bonds. The molecule has 0 radical (unpaired) electrons. The van der Waals surface area contributed by atoms with Gasteiger partial charge in [-0.2, -0.15) is 10.5 Å². The lowest BCUT2D eigenvalue weighted by Gasteiger charge is -2.37. The molecule has 7 nitrogen and oxygen atoms in total. The molecule has 160 valence electrons. The van der Waals surface area contributed by atoms with E-state index in [1.54, 1.807) is 23.9 Å². The van der Waals surface area contributed by atoms with Crippen molar-refractivity contribution in [2.75, 3.05) is 56.6 Å². The Hall–Kier alpha value is -2.65. The number of halogens is 1. The third-order valence-corrected chi connectivity index (χ3v) is 6.56. The van der Waals surface area contributed by atoms with Gasteiger partial charge in [0.15, 0.2) is 11.5 Å². The summed E-state index contributed by atoms with van der Waals surface area (Å²) in [5.41, 5.74) is 2.96. The Balaban J connectivity index is 1.34. The van der Waals surface area contributed by atoms with Crippen LogP contribution in [-0.4, -0.2) is 61.6 Å². The fraction of sp³-hybridized carbons (Fsp3) is 0.409. The molecular formula is C22H22ClN5O2S. The first-order chi connectivity index (χ1) is 15.1. The summed E-state index contributed by atoms with van der Waals surface area (Å²) >= 11 is 7.64. The Labute approximate surface area is 191 Å². The van der Waals surface area contributed by atoms with Crippen molar-refractivity contribution in [3.63, 3.8) is 0 Å². The summed E-state index contributed by atoms with van der Waals surface area (Å²) in [6.07, 6.45) is 0. The molecule has 0 saturated carbocycles. The molecular weight excluding hydrogens is 434 g/mol. The molecule has 2 aromatic rings. The first-order valence-electron chi connectivity index (χ1n) is 10.1. The molecule has 4 rings (SSSR count). The molecule has 1 fully saturated rings. The minimum atomic E-state index is 0.421. The first-order valence-corrected chi connectivity index (χ1v) is 11.5. The molecule has 1 saturated heterocycles. The highest BCUT2D eigenvalue weighted by Crippen LogP contribution is 2.42. The molecule has 0 N–H and O–H groups in total. The lowest BCUT2D eigenvalue weighted by molar-refractivity contribution is 0.171. The van der Waals surface area contributed by atoms with Gasteiger partial charge in [-0.1, -0.05) is 11.6 Å². The smallest absolute Gasteiger partial charge is 0.186 e. The Morgan fingerprint density at radius 3 is 2.55 bits per heavy atom. The van der Waals surface area contributed by atoms with Crippen molar-refractivity contribution in [3.8, 4) is 23.6 Å². The van der Waals surface area contributed by atoms with E-state index in [1.807, 2.05) is 13.0 Å². The van der Waals surface area contributed by atoms with Crippen LogP contribution < -0.4 is 14.4 Å². The maximum atomic E-state index is 9.39. The number of anilines is 1. The predicted molar refractivity (Wildman–Crippen MR) is 120 cm³/mol. The van der Waals surface area contributed by atoms with Crippen LogP contribution in [0.1, 0.15) is 16.7 Å². The molecule has 0 spiro atoms. The third kappa shape index (κ3) is 4.67. The van der Waals surface area contributed by atoms with E-state index in [0.717, 1.165) is 49.7 Å². The number of nitrogens with zero attached hydrogens (tertiary/aromatic N) is 5. The number of hydrogen-bond acceptors (Lipinski definition) is 8. The van der Waals surface area contributed by atoms with Crippen molar-refractivity contribution in [2.45, 2.75) is 11.9 Å². The van der Waals surface area contributed by atoms with Gasteiger partial charge in [-0.15, -0.1) is 11.8 Å². The monoisotopic (exact) mass is 455 g/mol. The van der Waals surface area contributed by atoms with Crippen molar-refractivity contribution >= 4 is 29.1 Å². The van der Waals surface area contributed by atoms with Gasteiger partial charge >= 0.3 is 0 Å². The van der Waals surface area contributed by atoms with Crippen LogP contribution >= 0.6 is 23.4 Å². The van der Waals surface area contributed by atoms with Gasteiger partial charge in [-0.25, -0.2) is 4.98 Å². The van der Waals surface area contributed by atoms with Crippen LogP contribution in [0, 0.1) is 29.6 Å². The van der Waals surface area contributed by atoms with E-state index in [9.17, 15) is 10.5 Å². The second kappa shape index (κ2) is 9.65. The molecule has 1 aromatic heterocycles. The van der Waals surface area contributed by atoms with Crippen LogP contribution in [0.3, 0.4) is 0 Å². The molecule has 0 aliphatic carbocycles. The molecule has 0 bridgehead atoms. The number of aryl methyl sites for hydroxylation is 1. The summed E-state index contributed by atoms with van der Waals surface area (Å²) in [6.45, 7) is 7.31. The summed E-state index contributed by atoms with van der Waals surface area (Å²) in [5.74, 6) is 2.08. The molecule has 0 atom stereocenters. The Morgan fingerprint density at radius 1 is 1.10 bits per heavy atom. The lowest BCUT2D eigenvalue weighted by Crippen LogP contribution is -2.47. The van der Waals surface area contributed by atoms with Crippen molar-refractivity contribution in [3.05, 3.63) is 40.0 Å². The van der Waals surface area contributed by atoms with Crippen LogP contribution in [-0.2, 0) is 0 Å². The average Bonchev–Trinajstić information content (AvgIpc) is 2.78. The Kier molecular flexibility index (Phi) is 6.72. The van der Waals surface area contributed by atoms with E-state index in [-0.39, 0.29) is 0 Å². The second-order valence-electron chi connectivity index (χ2n) is 7.33. The van der Waals surface area contributed by atoms with Gasteiger partial charge in [0.05, 0.1) is 16.8 Å². The molecule has 2 aliphatic rings. The van der Waals surface area contributed by atoms with Crippen molar-refractivity contribution in [1.29, 1.82) is 10.5 Å². The lowest BCUT2D eigenvalue weighted by atomic mass is 10.1. The van der Waals surface area contributed by atoms with E-state index in [0.29, 0.717) is 46.0 Å². The van der Waals surface area contributed by atoms with E-state index in [4.69, 9.17) is 21.1 Å². The SMILES string of the molecule is Cc1cc(Cl)nc(SCCN2CCN(c3ccc(C#N)c4c3OCCO4)CC2)c1C#N. The van der Waals surface area contributed by atoms with Crippen LogP contribution in [0.4, 0.5) is 5.69 Å². The number of benzene rings is 1. The van der Waals surface area contributed by atoms with E-state index >= 15 is 0 Å². The quantitative estimate of drug-likeness (QED) is 0.500. The van der Waals surface area contributed by atoms with E-state index in [1.165, 1.54) is 0 Å². The maximum absolute atomic E-state index is 9.39. The van der Waals surface area contributed by atoms with Crippen LogP contribution in [0.2, 0.25) is 5.15 Å². The summed E-state index contributed by atoms with van der Waals surface area (Å²) in [6, 6.07) is 9.89. The van der Waals surface area contributed by atoms with Gasteiger partial charge in [-0.05, 0) is 30.7 Å². The Bertz CT molecular complexity index is 1060. The number of ether oxygens (including phenoxy) is 2. The first kappa shape index (κ1) is 21.6. The van der Waals surface area contributed by atoms with Gasteiger partial charge < -0.3 is 14.4 Å². The standard InChI is InChI=1S/C22H22ClN5O2S/c1-15-12-19(23)26-22(17(15)14-25)31-11-8-27-4-6-28(7-5-27)18-3-2-16(13-24)20-21(18)30-10-9-29-20/h2-3,12H,4-11H2,1H3. The van der Waals surface area contributed by atoms with Crippen molar-refractivity contribution in [1.82, 2.24) is 9.88 Å². The van der Waals surface area contributed by atoms with Gasteiger partial charge in [0, 0.05) is 38.5 Å². The minimum Gasteiger partial charge on any atom is -0.485 e. The number of aromatic nitrogens is 1. The van der Waals surface area contributed by atoms with E-state index in [2.05, 4.69) is 26.9 Å². The highest BCUT2D eigenvalue weighted by molar-refractivity contribution is 7.99. The number of piperazine rings is 1. The van der Waals surface area contributed by atoms with Crippen molar-refractivity contribution in [2.24, 2.45) is 0 Å². The van der Waals surface area contributed by atoms with Crippen LogP contribution in [0.25, 0.3) is 0 Å².